The molecule has 3 fully saturated rings. The average molecular weight is 367 g/mol. The second kappa shape index (κ2) is 6.86. The van der Waals surface area contributed by atoms with E-state index in [-0.39, 0.29) is 0 Å². The van der Waals surface area contributed by atoms with Crippen molar-refractivity contribution in [1.82, 2.24) is 15.2 Å². The van der Waals surface area contributed by atoms with Gasteiger partial charge < -0.3 is 19.9 Å². The number of nitrogens with one attached hydrogen (secondary N) is 2. The van der Waals surface area contributed by atoms with Crippen molar-refractivity contribution in [2.45, 2.75) is 50.8 Å². The molecule has 27 heavy (non-hydrogen) atoms. The van der Waals surface area contributed by atoms with Crippen molar-refractivity contribution in [3.8, 4) is 0 Å². The van der Waals surface area contributed by atoms with E-state index in [0.29, 0.717) is 23.5 Å². The van der Waals surface area contributed by atoms with E-state index in [1.54, 1.807) is 0 Å². The van der Waals surface area contributed by atoms with Gasteiger partial charge in [-0.25, -0.2) is 0 Å². The molecule has 2 heterocycles. The topological polar surface area (TPSA) is 50.6 Å². The van der Waals surface area contributed by atoms with Gasteiger partial charge in [-0.1, -0.05) is 24.6 Å². The third-order valence-corrected chi connectivity index (χ3v) is 7.10. The summed E-state index contributed by atoms with van der Waals surface area (Å²) >= 11 is 0. The molecular weight excluding hydrogens is 336 g/mol. The zero-order chi connectivity index (χ0) is 18.3. The van der Waals surface area contributed by atoms with Gasteiger partial charge in [0.05, 0.1) is 6.10 Å². The second-order valence-electron chi connectivity index (χ2n) is 8.37. The zero-order valence-corrected chi connectivity index (χ0v) is 16.2. The minimum Gasteiger partial charge on any atom is -0.377 e. The number of aromatic nitrogens is 1. The number of guanidine groups is 1. The maximum Gasteiger partial charge on any atom is 0.191 e. The number of fused-ring (bicyclic) bond motifs is 3. The minimum atomic E-state index is 0.392. The van der Waals surface area contributed by atoms with Crippen LogP contribution in [-0.4, -0.2) is 42.9 Å². The molecule has 1 aromatic carbocycles. The van der Waals surface area contributed by atoms with Crippen LogP contribution in [0.1, 0.15) is 32.1 Å². The molecule has 3 aliphatic rings. The molecule has 3 atom stereocenters. The molecule has 0 amide bonds. The number of benzene rings is 1. The van der Waals surface area contributed by atoms with Gasteiger partial charge in [0, 0.05) is 55.8 Å². The Balaban J connectivity index is 1.14. The maximum absolute atomic E-state index is 6.03. The normalized spacial score (nSPS) is 28.6. The lowest BCUT2D eigenvalue weighted by atomic mass is 9.46. The Labute approximate surface area is 161 Å². The van der Waals surface area contributed by atoms with E-state index < -0.39 is 0 Å². The highest BCUT2D eigenvalue weighted by atomic mass is 16.5. The van der Waals surface area contributed by atoms with Crippen molar-refractivity contribution < 1.29 is 4.74 Å². The Morgan fingerprint density at radius 1 is 1.30 bits per heavy atom. The highest BCUT2D eigenvalue weighted by Crippen LogP contribution is 2.62. The van der Waals surface area contributed by atoms with Crippen molar-refractivity contribution in [1.29, 1.82) is 0 Å². The lowest BCUT2D eigenvalue weighted by Crippen LogP contribution is -2.72. The SMILES string of the molecule is CN=C(NCCCn1ccc2ccccc21)NC1C2CCOC2C12CCC2. The van der Waals surface area contributed by atoms with Crippen LogP contribution < -0.4 is 10.6 Å². The summed E-state index contributed by atoms with van der Waals surface area (Å²) in [7, 11) is 1.88. The summed E-state index contributed by atoms with van der Waals surface area (Å²) in [4.78, 5) is 4.48. The minimum absolute atomic E-state index is 0.392. The number of rotatable bonds is 5. The molecular formula is C22H30N4O. The van der Waals surface area contributed by atoms with Gasteiger partial charge in [-0.3, -0.25) is 4.99 Å². The van der Waals surface area contributed by atoms with E-state index >= 15 is 0 Å². The van der Waals surface area contributed by atoms with Gasteiger partial charge in [-0.05, 0) is 43.2 Å². The number of para-hydroxylation sites is 1. The zero-order valence-electron chi connectivity index (χ0n) is 16.2. The number of nitrogens with zero attached hydrogens (tertiary/aromatic N) is 2. The van der Waals surface area contributed by atoms with Gasteiger partial charge in [0.2, 0.25) is 0 Å². The molecule has 2 N–H and O–H groups in total. The first-order valence-electron chi connectivity index (χ1n) is 10.4. The first-order valence-corrected chi connectivity index (χ1v) is 10.4. The Morgan fingerprint density at radius 3 is 3.00 bits per heavy atom. The Hall–Kier alpha value is -2.01. The van der Waals surface area contributed by atoms with Gasteiger partial charge in [-0.15, -0.1) is 0 Å². The molecule has 1 saturated heterocycles. The van der Waals surface area contributed by atoms with Crippen molar-refractivity contribution in [3.05, 3.63) is 36.5 Å². The fraction of sp³-hybridized carbons (Fsp3) is 0.591. The predicted molar refractivity (Wildman–Crippen MR) is 109 cm³/mol. The molecule has 5 nitrogen and oxygen atoms in total. The fourth-order valence-corrected chi connectivity index (χ4v) is 5.59. The number of ether oxygens (including phenoxy) is 1. The van der Waals surface area contributed by atoms with Crippen molar-refractivity contribution in [3.63, 3.8) is 0 Å². The Bertz CT molecular complexity index is 838. The summed E-state index contributed by atoms with van der Waals surface area (Å²) < 4.78 is 8.36. The van der Waals surface area contributed by atoms with Crippen molar-refractivity contribution in [2.24, 2.45) is 16.3 Å². The molecule has 3 unspecified atom stereocenters. The first kappa shape index (κ1) is 17.1. The fourth-order valence-electron chi connectivity index (χ4n) is 5.59. The van der Waals surface area contributed by atoms with Crippen LogP contribution in [0.25, 0.3) is 10.9 Å². The Morgan fingerprint density at radius 2 is 2.19 bits per heavy atom. The van der Waals surface area contributed by atoms with Gasteiger partial charge in [0.25, 0.3) is 0 Å². The summed E-state index contributed by atoms with van der Waals surface area (Å²) in [6.45, 7) is 2.88. The van der Waals surface area contributed by atoms with Crippen LogP contribution >= 0.6 is 0 Å². The smallest absolute Gasteiger partial charge is 0.191 e. The lowest BCUT2D eigenvalue weighted by Gasteiger charge is -2.63. The van der Waals surface area contributed by atoms with Crippen LogP contribution in [0.15, 0.2) is 41.5 Å². The number of aliphatic imine (C=N–C) groups is 1. The second-order valence-corrected chi connectivity index (χ2v) is 8.37. The molecule has 1 aliphatic heterocycles. The van der Waals surface area contributed by atoms with Crippen LogP contribution in [0.3, 0.4) is 0 Å². The van der Waals surface area contributed by atoms with Gasteiger partial charge in [-0.2, -0.15) is 0 Å². The molecule has 1 spiro atoms. The van der Waals surface area contributed by atoms with Gasteiger partial charge in [0.15, 0.2) is 5.96 Å². The summed E-state index contributed by atoms with van der Waals surface area (Å²) in [5.74, 6) is 1.63. The van der Waals surface area contributed by atoms with Gasteiger partial charge in [0.1, 0.15) is 0 Å². The van der Waals surface area contributed by atoms with Crippen LogP contribution in [0, 0.1) is 11.3 Å². The molecule has 0 bridgehead atoms. The number of hydrogen-bond acceptors (Lipinski definition) is 2. The van der Waals surface area contributed by atoms with Gasteiger partial charge >= 0.3 is 0 Å². The standard InChI is InChI=1S/C22H30N4O/c1-23-21(25-19-17-9-15-27-20(17)22(19)10-4-11-22)24-12-5-13-26-14-8-16-6-2-3-7-18(16)26/h2-3,6-8,14,17,19-20H,4-5,9-13,15H2,1H3,(H2,23,24,25). The highest BCUT2D eigenvalue weighted by molar-refractivity contribution is 5.80. The van der Waals surface area contributed by atoms with Crippen LogP contribution in [0.2, 0.25) is 0 Å². The van der Waals surface area contributed by atoms with Crippen LogP contribution in [-0.2, 0) is 11.3 Å². The third-order valence-electron chi connectivity index (χ3n) is 7.10. The summed E-state index contributed by atoms with van der Waals surface area (Å²) in [6, 6.07) is 11.3. The van der Waals surface area contributed by atoms with E-state index in [2.05, 4.69) is 56.7 Å². The number of hydrogen-bond donors (Lipinski definition) is 2. The van der Waals surface area contributed by atoms with Crippen LogP contribution in [0.5, 0.6) is 0 Å². The van der Waals surface area contributed by atoms with E-state index in [1.165, 1.54) is 36.6 Å². The molecule has 0 radical (unpaired) electrons. The van der Waals surface area contributed by atoms with Crippen LogP contribution in [0.4, 0.5) is 0 Å². The summed E-state index contributed by atoms with van der Waals surface area (Å²) in [5, 5.41) is 8.58. The first-order chi connectivity index (χ1) is 13.3. The van der Waals surface area contributed by atoms with Crippen molar-refractivity contribution >= 4 is 16.9 Å². The lowest BCUT2D eigenvalue weighted by molar-refractivity contribution is -0.171. The molecule has 2 aromatic rings. The molecule has 5 rings (SSSR count). The van der Waals surface area contributed by atoms with E-state index in [0.717, 1.165) is 32.1 Å². The Kier molecular flexibility index (Phi) is 4.35. The molecule has 1 aromatic heterocycles. The maximum atomic E-state index is 6.03. The summed E-state index contributed by atoms with van der Waals surface area (Å²) in [5.41, 5.74) is 1.71. The summed E-state index contributed by atoms with van der Waals surface area (Å²) in [6.07, 6.45) is 8.93. The third kappa shape index (κ3) is 2.75. The molecule has 144 valence electrons. The molecule has 2 aliphatic carbocycles. The van der Waals surface area contributed by atoms with E-state index in [4.69, 9.17) is 4.74 Å². The largest absolute Gasteiger partial charge is 0.377 e. The average Bonchev–Trinajstić information content (AvgIpc) is 3.25. The van der Waals surface area contributed by atoms with E-state index in [1.807, 2.05) is 7.05 Å². The predicted octanol–water partition coefficient (Wildman–Crippen LogP) is 3.15. The number of aryl methyl sites for hydroxylation is 1. The molecule has 5 heteroatoms. The van der Waals surface area contributed by atoms with Crippen molar-refractivity contribution in [2.75, 3.05) is 20.2 Å². The quantitative estimate of drug-likeness (QED) is 0.486. The molecule has 2 saturated carbocycles. The highest BCUT2D eigenvalue weighted by Gasteiger charge is 2.66. The van der Waals surface area contributed by atoms with E-state index in [9.17, 15) is 0 Å². The monoisotopic (exact) mass is 366 g/mol.